The van der Waals surface area contributed by atoms with E-state index in [0.29, 0.717) is 29.0 Å². The summed E-state index contributed by atoms with van der Waals surface area (Å²) in [5, 5.41) is 8.46. The van der Waals surface area contributed by atoms with Crippen molar-refractivity contribution in [2.24, 2.45) is 0 Å². The molecule has 1 fully saturated rings. The minimum atomic E-state index is -0.563. The van der Waals surface area contributed by atoms with E-state index in [1.54, 1.807) is 41.7 Å². The molecular formula is C30H37FN6O3. The number of rotatable bonds is 5. The van der Waals surface area contributed by atoms with Crippen molar-refractivity contribution in [2.75, 3.05) is 12.4 Å². The van der Waals surface area contributed by atoms with Crippen LogP contribution in [-0.4, -0.2) is 54.3 Å². The maximum Gasteiger partial charge on any atom is 0.410 e. The van der Waals surface area contributed by atoms with Gasteiger partial charge in [-0.1, -0.05) is 6.07 Å². The first-order valence-corrected chi connectivity index (χ1v) is 13.7. The number of carbonyl (C=O) groups excluding carboxylic acids is 2. The first-order chi connectivity index (χ1) is 18.8. The number of imidazole rings is 1. The fraction of sp³-hybridized carbons (Fsp3) is 0.467. The maximum atomic E-state index is 14.6. The molecule has 0 aliphatic heterocycles. The molecule has 0 bridgehead atoms. The number of carbonyl (C=O) groups is 2. The molecule has 0 saturated heterocycles. The van der Waals surface area contributed by atoms with Crippen molar-refractivity contribution < 1.29 is 18.7 Å². The second-order valence-corrected chi connectivity index (χ2v) is 12.1. The smallest absolute Gasteiger partial charge is 0.410 e. The third kappa shape index (κ3) is 5.14. The number of nitrogens with one attached hydrogen (secondary N) is 1. The molecule has 0 spiro atoms. The van der Waals surface area contributed by atoms with Crippen LogP contribution in [0.25, 0.3) is 16.6 Å². The second kappa shape index (κ2) is 9.91. The van der Waals surface area contributed by atoms with Gasteiger partial charge in [0.15, 0.2) is 11.5 Å². The maximum absolute atomic E-state index is 14.6. The van der Waals surface area contributed by atoms with Gasteiger partial charge in [-0.25, -0.2) is 14.2 Å². The van der Waals surface area contributed by atoms with Crippen molar-refractivity contribution in [2.45, 2.75) is 84.4 Å². The van der Waals surface area contributed by atoms with Crippen LogP contribution in [0.15, 0.2) is 36.8 Å². The number of hydrogen-bond acceptors (Lipinski definition) is 5. The lowest BCUT2D eigenvalue weighted by molar-refractivity contribution is 0.00898. The van der Waals surface area contributed by atoms with Gasteiger partial charge in [0.25, 0.3) is 5.91 Å². The van der Waals surface area contributed by atoms with E-state index in [1.165, 1.54) is 6.07 Å². The zero-order valence-electron chi connectivity index (χ0n) is 24.2. The monoisotopic (exact) mass is 548 g/mol. The zero-order valence-corrected chi connectivity index (χ0v) is 24.2. The van der Waals surface area contributed by atoms with Crippen LogP contribution in [0.5, 0.6) is 0 Å². The van der Waals surface area contributed by atoms with Crippen LogP contribution in [0.2, 0.25) is 0 Å². The zero-order chi connectivity index (χ0) is 29.0. The molecule has 10 heteroatoms. The number of aromatic nitrogens is 4. The van der Waals surface area contributed by atoms with Crippen molar-refractivity contribution in [3.63, 3.8) is 0 Å². The Labute approximate surface area is 233 Å². The lowest BCUT2D eigenvalue weighted by Crippen LogP contribution is -2.47. The largest absolute Gasteiger partial charge is 0.444 e. The molecule has 1 saturated carbocycles. The van der Waals surface area contributed by atoms with Gasteiger partial charge in [-0.15, -0.1) is 0 Å². The molecule has 9 nitrogen and oxygen atoms in total. The van der Waals surface area contributed by atoms with E-state index in [0.717, 1.165) is 30.2 Å². The lowest BCUT2D eigenvalue weighted by Gasteiger charge is -2.37. The van der Waals surface area contributed by atoms with Crippen LogP contribution in [0.4, 0.5) is 14.9 Å². The standard InChI is InChI=1S/C30H37FN6O3/c1-8-37-17-23-21(19-11-12-30(6,14-19)35(7)28(39)40-29(3,4)5)9-10-22(25(23)34-37)27(38)33-20-13-24(31)26-32-18(2)15-36(26)16-20/h9-10,13,15-17,19H,8,11-12,14H2,1-7H3,(H,33,38). The number of nitrogens with zero attached hydrogens (tertiary/aromatic N) is 5. The van der Waals surface area contributed by atoms with Crippen molar-refractivity contribution in [1.29, 1.82) is 0 Å². The van der Waals surface area contributed by atoms with Crippen LogP contribution in [-0.2, 0) is 11.3 Å². The molecule has 3 aromatic heterocycles. The van der Waals surface area contributed by atoms with Gasteiger partial charge >= 0.3 is 6.09 Å². The predicted octanol–water partition coefficient (Wildman–Crippen LogP) is 6.30. The number of halogens is 1. The van der Waals surface area contributed by atoms with Crippen LogP contribution in [0.1, 0.15) is 81.4 Å². The molecule has 1 aliphatic carbocycles. The van der Waals surface area contributed by atoms with Crippen molar-refractivity contribution in [3.05, 3.63) is 59.4 Å². The molecule has 2 unspecified atom stereocenters. The van der Waals surface area contributed by atoms with Gasteiger partial charge in [-0.3, -0.25) is 9.48 Å². The number of aryl methyl sites for hydroxylation is 2. The van der Waals surface area contributed by atoms with E-state index in [1.807, 2.05) is 44.6 Å². The summed E-state index contributed by atoms with van der Waals surface area (Å²) >= 11 is 0. The molecule has 2 atom stereocenters. The van der Waals surface area contributed by atoms with Gasteiger partial charge in [-0.2, -0.15) is 5.10 Å². The fourth-order valence-corrected chi connectivity index (χ4v) is 5.66. The Hall–Kier alpha value is -3.95. The topological polar surface area (TPSA) is 93.8 Å². The number of benzene rings is 1. The summed E-state index contributed by atoms with van der Waals surface area (Å²) in [4.78, 5) is 32.2. The first kappa shape index (κ1) is 27.6. The Bertz CT molecular complexity index is 1620. The van der Waals surface area contributed by atoms with Gasteiger partial charge in [0.2, 0.25) is 0 Å². The summed E-state index contributed by atoms with van der Waals surface area (Å²) < 4.78 is 23.6. The van der Waals surface area contributed by atoms with Crippen molar-refractivity contribution >= 4 is 34.2 Å². The Morgan fingerprint density at radius 3 is 2.70 bits per heavy atom. The number of pyridine rings is 1. The van der Waals surface area contributed by atoms with Gasteiger partial charge in [0.1, 0.15) is 11.1 Å². The van der Waals surface area contributed by atoms with Gasteiger partial charge in [0.05, 0.1) is 16.9 Å². The SMILES string of the molecule is CCn1cc2c(C3CCC(C)(N(C)C(=O)OC(C)(C)C)C3)ccc(C(=O)Nc3cc(F)c4nc(C)cn4c3)c2n1. The highest BCUT2D eigenvalue weighted by molar-refractivity contribution is 6.12. The Morgan fingerprint density at radius 1 is 1.25 bits per heavy atom. The number of anilines is 1. The van der Waals surface area contributed by atoms with E-state index in [4.69, 9.17) is 9.84 Å². The summed E-state index contributed by atoms with van der Waals surface area (Å²) in [6, 6.07) is 5.06. The first-order valence-electron chi connectivity index (χ1n) is 13.7. The Kier molecular flexibility index (Phi) is 6.84. The fourth-order valence-electron chi connectivity index (χ4n) is 5.66. The van der Waals surface area contributed by atoms with Crippen molar-refractivity contribution in [3.8, 4) is 0 Å². The van der Waals surface area contributed by atoms with Gasteiger partial charge in [0, 0.05) is 49.2 Å². The summed E-state index contributed by atoms with van der Waals surface area (Å²) in [5.41, 5.74) is 2.43. The molecule has 1 aliphatic rings. The third-order valence-corrected chi connectivity index (χ3v) is 7.85. The minimum Gasteiger partial charge on any atom is -0.444 e. The van der Waals surface area contributed by atoms with Crippen LogP contribution in [0.3, 0.4) is 0 Å². The number of fused-ring (bicyclic) bond motifs is 2. The normalized spacial score (nSPS) is 19.4. The number of ether oxygens (including phenoxy) is 1. The summed E-state index contributed by atoms with van der Waals surface area (Å²) in [6.07, 6.45) is 7.50. The Morgan fingerprint density at radius 2 is 2.00 bits per heavy atom. The molecule has 1 N–H and O–H groups in total. The molecule has 5 rings (SSSR count). The Balaban J connectivity index is 1.43. The molecule has 2 amide bonds. The van der Waals surface area contributed by atoms with E-state index in [9.17, 15) is 14.0 Å². The number of amides is 2. The number of hydrogen-bond donors (Lipinski definition) is 1. The van der Waals surface area contributed by atoms with E-state index >= 15 is 0 Å². The third-order valence-electron chi connectivity index (χ3n) is 7.85. The summed E-state index contributed by atoms with van der Waals surface area (Å²) in [6.45, 7) is 12.1. The average Bonchev–Trinajstić information content (AvgIpc) is 3.58. The van der Waals surface area contributed by atoms with Crippen molar-refractivity contribution in [1.82, 2.24) is 24.1 Å². The summed E-state index contributed by atoms with van der Waals surface area (Å²) in [5.74, 6) is -0.693. The molecule has 1 aromatic carbocycles. The van der Waals surface area contributed by atoms with E-state index in [-0.39, 0.29) is 29.1 Å². The van der Waals surface area contributed by atoms with Crippen LogP contribution in [0, 0.1) is 12.7 Å². The van der Waals surface area contributed by atoms with Crippen LogP contribution < -0.4 is 5.32 Å². The molecule has 212 valence electrons. The molecular weight excluding hydrogens is 511 g/mol. The quantitative estimate of drug-likeness (QED) is 0.316. The molecule has 40 heavy (non-hydrogen) atoms. The highest BCUT2D eigenvalue weighted by atomic mass is 19.1. The molecule has 0 radical (unpaired) electrons. The average molecular weight is 549 g/mol. The van der Waals surface area contributed by atoms with E-state index < -0.39 is 11.4 Å². The highest BCUT2D eigenvalue weighted by Crippen LogP contribution is 2.46. The van der Waals surface area contributed by atoms with Gasteiger partial charge in [-0.05, 0) is 78.4 Å². The lowest BCUT2D eigenvalue weighted by atomic mass is 9.90. The summed E-state index contributed by atoms with van der Waals surface area (Å²) in [7, 11) is 1.81. The second-order valence-electron chi connectivity index (χ2n) is 12.1. The highest BCUT2D eigenvalue weighted by Gasteiger charge is 2.42. The van der Waals surface area contributed by atoms with E-state index in [2.05, 4.69) is 17.2 Å². The van der Waals surface area contributed by atoms with Gasteiger partial charge < -0.3 is 19.4 Å². The predicted molar refractivity (Wildman–Crippen MR) is 152 cm³/mol. The molecule has 4 aromatic rings. The molecule has 3 heterocycles. The minimum absolute atomic E-state index is 0.185. The van der Waals surface area contributed by atoms with Crippen LogP contribution >= 0.6 is 0 Å².